The predicted molar refractivity (Wildman–Crippen MR) is 111 cm³/mol. The summed E-state index contributed by atoms with van der Waals surface area (Å²) in [4.78, 5) is 14.2. The standard InChI is InChI=1S/C22H29N3O3/c1-22(2,3)28-21(26)24-23-16-19-10-9-18(15-17-7-5-4-6-8-17)20(19)25-11-13-27-14-12-25/h4-8,15-16H,9-14H2,1-3H3,(H,24,26)/b18-15?,23-16-. The molecule has 150 valence electrons. The summed E-state index contributed by atoms with van der Waals surface area (Å²) in [6.45, 7) is 8.65. The van der Waals surface area contributed by atoms with Crippen LogP contribution in [0.1, 0.15) is 39.2 Å². The van der Waals surface area contributed by atoms with Gasteiger partial charge in [0.25, 0.3) is 0 Å². The molecule has 0 spiro atoms. The smallest absolute Gasteiger partial charge is 0.428 e. The molecule has 0 unspecified atom stereocenters. The first kappa shape index (κ1) is 20.1. The summed E-state index contributed by atoms with van der Waals surface area (Å²) in [7, 11) is 0. The molecule has 1 amide bonds. The number of hydrazone groups is 1. The topological polar surface area (TPSA) is 63.2 Å². The fraction of sp³-hybridized carbons (Fsp3) is 0.455. The summed E-state index contributed by atoms with van der Waals surface area (Å²) in [5, 5.41) is 4.13. The Morgan fingerprint density at radius 1 is 1.18 bits per heavy atom. The number of carbonyl (C=O) groups excluding carboxylic acids is 1. The van der Waals surface area contributed by atoms with Crippen molar-refractivity contribution in [3.05, 3.63) is 52.7 Å². The number of ether oxygens (including phenoxy) is 2. The number of rotatable bonds is 4. The normalized spacial score (nSPS) is 19.5. The molecule has 1 fully saturated rings. The highest BCUT2D eigenvalue weighted by atomic mass is 16.6. The van der Waals surface area contributed by atoms with E-state index < -0.39 is 11.7 Å². The summed E-state index contributed by atoms with van der Waals surface area (Å²) in [5.74, 6) is 0. The Labute approximate surface area is 166 Å². The Morgan fingerprint density at radius 2 is 1.89 bits per heavy atom. The lowest BCUT2D eigenvalue weighted by atomic mass is 10.1. The molecule has 1 aliphatic carbocycles. The van der Waals surface area contributed by atoms with Gasteiger partial charge in [0.1, 0.15) is 5.60 Å². The maximum Gasteiger partial charge on any atom is 0.428 e. The zero-order valence-corrected chi connectivity index (χ0v) is 16.9. The van der Waals surface area contributed by atoms with Gasteiger partial charge in [-0.3, -0.25) is 0 Å². The molecule has 1 aromatic rings. The molecular weight excluding hydrogens is 354 g/mol. The molecule has 0 bridgehead atoms. The zero-order chi connectivity index (χ0) is 20.0. The summed E-state index contributed by atoms with van der Waals surface area (Å²) in [6.07, 6.45) is 5.29. The minimum absolute atomic E-state index is 0.545. The first-order valence-corrected chi connectivity index (χ1v) is 9.76. The van der Waals surface area contributed by atoms with E-state index >= 15 is 0 Å². The van der Waals surface area contributed by atoms with Crippen LogP contribution in [0.4, 0.5) is 4.79 Å². The number of carbonyl (C=O) groups is 1. The molecule has 28 heavy (non-hydrogen) atoms. The molecule has 0 atom stereocenters. The van der Waals surface area contributed by atoms with E-state index in [4.69, 9.17) is 9.47 Å². The number of hydrogen-bond donors (Lipinski definition) is 1. The predicted octanol–water partition coefficient (Wildman–Crippen LogP) is 3.96. The van der Waals surface area contributed by atoms with E-state index in [-0.39, 0.29) is 0 Å². The van der Waals surface area contributed by atoms with Gasteiger partial charge in [-0.1, -0.05) is 30.3 Å². The van der Waals surface area contributed by atoms with E-state index in [0.29, 0.717) is 0 Å². The fourth-order valence-electron chi connectivity index (χ4n) is 3.39. The number of allylic oxidation sites excluding steroid dienone is 2. The minimum Gasteiger partial charge on any atom is -0.443 e. The Balaban J connectivity index is 1.80. The minimum atomic E-state index is -0.546. The van der Waals surface area contributed by atoms with Crippen molar-refractivity contribution in [3.8, 4) is 0 Å². The third-order valence-electron chi connectivity index (χ3n) is 4.51. The van der Waals surface area contributed by atoms with Crippen LogP contribution in [0, 0.1) is 0 Å². The molecule has 3 rings (SSSR count). The van der Waals surface area contributed by atoms with E-state index in [1.165, 1.54) is 16.8 Å². The number of nitrogens with zero attached hydrogens (tertiary/aromatic N) is 2. The molecule has 1 N–H and O–H groups in total. The summed E-state index contributed by atoms with van der Waals surface area (Å²) in [5.41, 5.74) is 6.74. The van der Waals surface area contributed by atoms with Crippen molar-refractivity contribution in [3.63, 3.8) is 0 Å². The van der Waals surface area contributed by atoms with Crippen LogP contribution in [0.2, 0.25) is 0 Å². The maximum absolute atomic E-state index is 11.8. The maximum atomic E-state index is 11.8. The molecule has 1 heterocycles. The number of morpholine rings is 1. The molecule has 0 saturated carbocycles. The van der Waals surface area contributed by atoms with Crippen molar-refractivity contribution < 1.29 is 14.3 Å². The van der Waals surface area contributed by atoms with Crippen LogP contribution in [0.15, 0.2) is 52.3 Å². The lowest BCUT2D eigenvalue weighted by Crippen LogP contribution is -2.36. The Morgan fingerprint density at radius 3 is 2.57 bits per heavy atom. The van der Waals surface area contributed by atoms with Crippen LogP contribution in [0.5, 0.6) is 0 Å². The van der Waals surface area contributed by atoms with Crippen LogP contribution in [0.25, 0.3) is 6.08 Å². The van der Waals surface area contributed by atoms with Crippen molar-refractivity contribution in [2.45, 2.75) is 39.2 Å². The van der Waals surface area contributed by atoms with Crippen LogP contribution in [0.3, 0.4) is 0 Å². The van der Waals surface area contributed by atoms with Gasteiger partial charge < -0.3 is 14.4 Å². The van der Waals surface area contributed by atoms with Crippen LogP contribution in [-0.2, 0) is 9.47 Å². The number of hydrogen-bond acceptors (Lipinski definition) is 5. The number of amides is 1. The largest absolute Gasteiger partial charge is 0.443 e. The van der Waals surface area contributed by atoms with Gasteiger partial charge in [-0.05, 0) is 56.4 Å². The summed E-state index contributed by atoms with van der Waals surface area (Å²) < 4.78 is 10.7. The second-order valence-electron chi connectivity index (χ2n) is 7.93. The van der Waals surface area contributed by atoms with E-state index in [1.807, 2.05) is 39.0 Å². The second kappa shape index (κ2) is 9.06. The van der Waals surface area contributed by atoms with Gasteiger partial charge in [0.15, 0.2) is 0 Å². The van der Waals surface area contributed by atoms with Crippen molar-refractivity contribution in [2.24, 2.45) is 5.10 Å². The van der Waals surface area contributed by atoms with E-state index in [2.05, 4.69) is 33.6 Å². The highest BCUT2D eigenvalue weighted by Crippen LogP contribution is 2.34. The molecule has 6 nitrogen and oxygen atoms in total. The molecule has 1 aromatic carbocycles. The lowest BCUT2D eigenvalue weighted by Gasteiger charge is -2.31. The summed E-state index contributed by atoms with van der Waals surface area (Å²) in [6, 6.07) is 10.3. The van der Waals surface area contributed by atoms with Gasteiger partial charge in [-0.15, -0.1) is 0 Å². The highest BCUT2D eigenvalue weighted by Gasteiger charge is 2.25. The number of nitrogens with one attached hydrogen (secondary N) is 1. The molecular formula is C22H29N3O3. The molecule has 2 aliphatic rings. The highest BCUT2D eigenvalue weighted by molar-refractivity contribution is 5.84. The van der Waals surface area contributed by atoms with E-state index in [9.17, 15) is 4.79 Å². The Bertz CT molecular complexity index is 770. The lowest BCUT2D eigenvalue weighted by molar-refractivity contribution is 0.0529. The van der Waals surface area contributed by atoms with E-state index in [1.54, 1.807) is 6.21 Å². The quantitative estimate of drug-likeness (QED) is 0.631. The SMILES string of the molecule is CC(C)(C)OC(=O)N/N=C\C1=C(N2CCOCC2)C(=Cc2ccccc2)CC1. The first-order chi connectivity index (χ1) is 13.4. The Kier molecular flexibility index (Phi) is 6.52. The Hall–Kier alpha value is -2.60. The van der Waals surface area contributed by atoms with Gasteiger partial charge in [-0.25, -0.2) is 10.2 Å². The van der Waals surface area contributed by atoms with Gasteiger partial charge in [0.05, 0.1) is 19.4 Å². The summed E-state index contributed by atoms with van der Waals surface area (Å²) >= 11 is 0. The molecule has 1 aliphatic heterocycles. The van der Waals surface area contributed by atoms with Gasteiger partial charge in [-0.2, -0.15) is 5.10 Å². The van der Waals surface area contributed by atoms with Crippen LogP contribution in [-0.4, -0.2) is 49.1 Å². The van der Waals surface area contributed by atoms with Crippen molar-refractivity contribution in [2.75, 3.05) is 26.3 Å². The van der Waals surface area contributed by atoms with E-state index in [0.717, 1.165) is 44.7 Å². The zero-order valence-electron chi connectivity index (χ0n) is 16.9. The average Bonchev–Trinajstić information content (AvgIpc) is 3.04. The third kappa shape index (κ3) is 5.70. The average molecular weight is 383 g/mol. The molecule has 6 heteroatoms. The first-order valence-electron chi connectivity index (χ1n) is 9.76. The van der Waals surface area contributed by atoms with Crippen molar-refractivity contribution in [1.29, 1.82) is 0 Å². The van der Waals surface area contributed by atoms with Gasteiger partial charge in [0.2, 0.25) is 0 Å². The fourth-order valence-corrected chi connectivity index (χ4v) is 3.39. The molecule has 0 radical (unpaired) electrons. The molecule has 0 aromatic heterocycles. The van der Waals surface area contributed by atoms with Crippen molar-refractivity contribution in [1.82, 2.24) is 10.3 Å². The van der Waals surface area contributed by atoms with Crippen molar-refractivity contribution >= 4 is 18.4 Å². The number of benzene rings is 1. The van der Waals surface area contributed by atoms with Gasteiger partial charge in [0, 0.05) is 18.8 Å². The third-order valence-corrected chi connectivity index (χ3v) is 4.51. The van der Waals surface area contributed by atoms with Crippen LogP contribution >= 0.6 is 0 Å². The molecule has 1 saturated heterocycles. The van der Waals surface area contributed by atoms with Crippen LogP contribution < -0.4 is 5.43 Å². The monoisotopic (exact) mass is 383 g/mol. The second-order valence-corrected chi connectivity index (χ2v) is 7.93. The van der Waals surface area contributed by atoms with Gasteiger partial charge >= 0.3 is 6.09 Å².